The first-order valence-corrected chi connectivity index (χ1v) is 11.6. The zero-order chi connectivity index (χ0) is 18.4. The lowest BCUT2D eigenvalue weighted by Crippen LogP contribution is -2.25. The maximum atomic E-state index is 2.43. The normalized spacial score (nSPS) is 21.0. The SMILES string of the molecule is c1ccc2c(c1)-c1ccccc1C21CCCCCCCCCCCCCC1. The van der Waals surface area contributed by atoms with Crippen molar-refractivity contribution in [3.8, 4) is 11.1 Å². The summed E-state index contributed by atoms with van der Waals surface area (Å²) in [4.78, 5) is 0. The summed E-state index contributed by atoms with van der Waals surface area (Å²) in [6.45, 7) is 0. The third-order valence-corrected chi connectivity index (χ3v) is 7.13. The average molecular weight is 361 g/mol. The van der Waals surface area contributed by atoms with E-state index in [-0.39, 0.29) is 5.41 Å². The monoisotopic (exact) mass is 360 g/mol. The maximum Gasteiger partial charge on any atom is 0.0215 e. The molecule has 0 nitrogen and oxygen atoms in total. The van der Waals surface area contributed by atoms with Gasteiger partial charge in [0.05, 0.1) is 0 Å². The molecule has 1 spiro atoms. The fourth-order valence-corrected chi connectivity index (χ4v) is 5.70. The Morgan fingerprint density at radius 2 is 0.741 bits per heavy atom. The van der Waals surface area contributed by atoms with Gasteiger partial charge in [0, 0.05) is 5.41 Å². The van der Waals surface area contributed by atoms with Crippen LogP contribution in [0.5, 0.6) is 0 Å². The van der Waals surface area contributed by atoms with Crippen molar-refractivity contribution in [3.63, 3.8) is 0 Å². The van der Waals surface area contributed by atoms with Crippen LogP contribution in [0.4, 0.5) is 0 Å². The Hall–Kier alpha value is -1.56. The summed E-state index contributed by atoms with van der Waals surface area (Å²) in [6, 6.07) is 18.6. The van der Waals surface area contributed by atoms with Crippen molar-refractivity contribution in [1.29, 1.82) is 0 Å². The Balaban J connectivity index is 1.62. The predicted molar refractivity (Wildman–Crippen MR) is 117 cm³/mol. The lowest BCUT2D eigenvalue weighted by atomic mass is 9.70. The van der Waals surface area contributed by atoms with Crippen molar-refractivity contribution in [1.82, 2.24) is 0 Å². The van der Waals surface area contributed by atoms with E-state index in [1.54, 1.807) is 11.1 Å². The number of rotatable bonds is 0. The van der Waals surface area contributed by atoms with Gasteiger partial charge in [0.15, 0.2) is 0 Å². The molecule has 1 fully saturated rings. The summed E-state index contributed by atoms with van der Waals surface area (Å²) in [6.07, 6.45) is 19.8. The summed E-state index contributed by atoms with van der Waals surface area (Å²) >= 11 is 0. The van der Waals surface area contributed by atoms with E-state index in [2.05, 4.69) is 48.5 Å². The second kappa shape index (κ2) is 9.09. The van der Waals surface area contributed by atoms with Gasteiger partial charge in [-0.15, -0.1) is 0 Å². The molecule has 1 saturated carbocycles. The summed E-state index contributed by atoms with van der Waals surface area (Å²) in [5.74, 6) is 0. The Morgan fingerprint density at radius 1 is 0.407 bits per heavy atom. The molecule has 0 amide bonds. The summed E-state index contributed by atoms with van der Waals surface area (Å²) in [7, 11) is 0. The zero-order valence-corrected chi connectivity index (χ0v) is 17.0. The van der Waals surface area contributed by atoms with Crippen LogP contribution in [0.2, 0.25) is 0 Å². The summed E-state index contributed by atoms with van der Waals surface area (Å²) in [5.41, 5.74) is 6.52. The zero-order valence-electron chi connectivity index (χ0n) is 17.0. The second-order valence-corrected chi connectivity index (χ2v) is 8.92. The smallest absolute Gasteiger partial charge is 0.0215 e. The Bertz CT molecular complexity index is 663. The van der Waals surface area contributed by atoms with Gasteiger partial charge in [-0.3, -0.25) is 0 Å². The highest BCUT2D eigenvalue weighted by atomic mass is 14.4. The molecular weight excluding hydrogens is 324 g/mol. The molecule has 0 aliphatic heterocycles. The van der Waals surface area contributed by atoms with E-state index in [1.165, 1.54) is 101 Å². The minimum absolute atomic E-state index is 0.271. The number of fused-ring (bicyclic) bond motifs is 5. The largest absolute Gasteiger partial charge is 0.0619 e. The minimum atomic E-state index is 0.271. The molecule has 0 radical (unpaired) electrons. The van der Waals surface area contributed by atoms with E-state index in [9.17, 15) is 0 Å². The van der Waals surface area contributed by atoms with Crippen LogP contribution < -0.4 is 0 Å². The van der Waals surface area contributed by atoms with Crippen molar-refractivity contribution < 1.29 is 0 Å². The van der Waals surface area contributed by atoms with Crippen LogP contribution in [0.25, 0.3) is 11.1 Å². The molecule has 2 aliphatic rings. The third-order valence-electron chi connectivity index (χ3n) is 7.13. The van der Waals surface area contributed by atoms with Gasteiger partial charge in [-0.05, 0) is 35.1 Å². The molecule has 0 heteroatoms. The van der Waals surface area contributed by atoms with E-state index >= 15 is 0 Å². The van der Waals surface area contributed by atoms with Crippen LogP contribution in [-0.4, -0.2) is 0 Å². The van der Waals surface area contributed by atoms with Gasteiger partial charge >= 0.3 is 0 Å². The molecule has 4 rings (SSSR count). The van der Waals surface area contributed by atoms with Crippen LogP contribution in [0.1, 0.15) is 101 Å². The van der Waals surface area contributed by atoms with E-state index in [1.807, 2.05) is 0 Å². The van der Waals surface area contributed by atoms with Crippen molar-refractivity contribution in [2.45, 2.75) is 95.3 Å². The fourth-order valence-electron chi connectivity index (χ4n) is 5.70. The topological polar surface area (TPSA) is 0 Å². The van der Waals surface area contributed by atoms with Gasteiger partial charge in [-0.2, -0.15) is 0 Å². The Morgan fingerprint density at radius 3 is 1.15 bits per heavy atom. The van der Waals surface area contributed by atoms with Crippen LogP contribution in [0.3, 0.4) is 0 Å². The highest BCUT2D eigenvalue weighted by molar-refractivity contribution is 5.80. The number of benzene rings is 2. The Kier molecular flexibility index (Phi) is 6.32. The molecule has 0 bridgehead atoms. The predicted octanol–water partition coefficient (Wildman–Crippen LogP) is 8.43. The van der Waals surface area contributed by atoms with Crippen LogP contribution in [-0.2, 0) is 5.41 Å². The van der Waals surface area contributed by atoms with Gasteiger partial charge in [-0.25, -0.2) is 0 Å². The molecule has 0 unspecified atom stereocenters. The number of hydrogen-bond donors (Lipinski definition) is 0. The van der Waals surface area contributed by atoms with Crippen molar-refractivity contribution in [2.75, 3.05) is 0 Å². The first kappa shape index (κ1) is 18.8. The lowest BCUT2D eigenvalue weighted by Gasteiger charge is -2.33. The van der Waals surface area contributed by atoms with E-state index in [4.69, 9.17) is 0 Å². The average Bonchev–Trinajstić information content (AvgIpc) is 2.98. The second-order valence-electron chi connectivity index (χ2n) is 8.92. The van der Waals surface area contributed by atoms with E-state index < -0.39 is 0 Å². The van der Waals surface area contributed by atoms with Crippen molar-refractivity contribution in [2.24, 2.45) is 0 Å². The first-order valence-electron chi connectivity index (χ1n) is 11.6. The van der Waals surface area contributed by atoms with Gasteiger partial charge in [0.1, 0.15) is 0 Å². The molecule has 2 aliphatic carbocycles. The highest BCUT2D eigenvalue weighted by Gasteiger charge is 2.41. The molecular formula is C27H36. The van der Waals surface area contributed by atoms with Crippen LogP contribution >= 0.6 is 0 Å². The van der Waals surface area contributed by atoms with Gasteiger partial charge in [0.25, 0.3) is 0 Å². The molecule has 2 aromatic carbocycles. The maximum absolute atomic E-state index is 2.43. The molecule has 144 valence electrons. The fraction of sp³-hybridized carbons (Fsp3) is 0.556. The first-order chi connectivity index (χ1) is 13.4. The summed E-state index contributed by atoms with van der Waals surface area (Å²) in [5, 5.41) is 0. The van der Waals surface area contributed by atoms with Crippen LogP contribution in [0, 0.1) is 0 Å². The van der Waals surface area contributed by atoms with Gasteiger partial charge in [0.2, 0.25) is 0 Å². The standard InChI is InChI=1S/C27H36/c1-2-4-6-8-10-16-22-27(21-15-9-7-5-3-1)25-19-13-11-17-23(25)24-18-12-14-20-26(24)27/h11-14,17-20H,1-10,15-16,21-22H2. The molecule has 0 atom stereocenters. The lowest BCUT2D eigenvalue weighted by molar-refractivity contribution is 0.400. The van der Waals surface area contributed by atoms with Gasteiger partial charge < -0.3 is 0 Å². The minimum Gasteiger partial charge on any atom is -0.0619 e. The quantitative estimate of drug-likeness (QED) is 0.442. The molecule has 0 aromatic heterocycles. The van der Waals surface area contributed by atoms with Gasteiger partial charge in [-0.1, -0.05) is 126 Å². The molecule has 27 heavy (non-hydrogen) atoms. The molecule has 0 heterocycles. The molecule has 2 aromatic rings. The molecule has 0 saturated heterocycles. The number of hydrogen-bond acceptors (Lipinski definition) is 0. The van der Waals surface area contributed by atoms with Crippen molar-refractivity contribution in [3.05, 3.63) is 59.7 Å². The van der Waals surface area contributed by atoms with E-state index in [0.29, 0.717) is 0 Å². The third kappa shape index (κ3) is 4.00. The van der Waals surface area contributed by atoms with E-state index in [0.717, 1.165) is 0 Å². The van der Waals surface area contributed by atoms with Crippen LogP contribution in [0.15, 0.2) is 48.5 Å². The van der Waals surface area contributed by atoms with Crippen molar-refractivity contribution >= 4 is 0 Å². The summed E-state index contributed by atoms with van der Waals surface area (Å²) < 4.78 is 0. The highest BCUT2D eigenvalue weighted by Crippen LogP contribution is 2.53. The molecule has 0 N–H and O–H groups in total. The Labute approximate surface area is 166 Å².